The normalized spacial score (nSPS) is 11.7. The number of carbonyl (C=O) groups is 1. The Morgan fingerprint density at radius 3 is 2.26 bits per heavy atom. The number of rotatable bonds is 3. The van der Waals surface area contributed by atoms with Crippen molar-refractivity contribution in [2.75, 3.05) is 0 Å². The molecule has 11 heteroatoms. The maximum absolute atomic E-state index is 12.7. The molecule has 1 aromatic rings. The Bertz CT molecular complexity index is 543. The molecule has 1 aromatic heterocycles. The third-order valence-electron chi connectivity index (χ3n) is 2.02. The maximum Gasteiger partial charge on any atom is 0.423 e. The zero-order valence-electron chi connectivity index (χ0n) is 8.74. The first-order chi connectivity index (χ1) is 8.57. The van der Waals surface area contributed by atoms with Crippen LogP contribution >= 0.6 is 0 Å². The van der Waals surface area contributed by atoms with Gasteiger partial charge in [0.1, 0.15) is 17.5 Å². The third kappa shape index (κ3) is 2.74. The van der Waals surface area contributed by atoms with E-state index in [2.05, 4.69) is 10.7 Å². The Morgan fingerprint density at radius 1 is 1.42 bits per heavy atom. The number of amides is 1. The number of pyridine rings is 1. The van der Waals surface area contributed by atoms with Gasteiger partial charge in [-0.25, -0.2) is 13.8 Å². The predicted octanol–water partition coefficient (Wildman–Crippen LogP) is 2.05. The van der Waals surface area contributed by atoms with Gasteiger partial charge in [0.25, 0.3) is 12.3 Å². The van der Waals surface area contributed by atoms with Gasteiger partial charge in [0.05, 0.1) is 10.5 Å². The van der Waals surface area contributed by atoms with Gasteiger partial charge in [0.15, 0.2) is 0 Å². The summed E-state index contributed by atoms with van der Waals surface area (Å²) in [5.41, 5.74) is -2.41. The first-order valence-electron chi connectivity index (χ1n) is 4.39. The molecule has 0 saturated carbocycles. The number of hydrogen-bond acceptors (Lipinski definition) is 4. The lowest BCUT2D eigenvalue weighted by Crippen LogP contribution is -2.23. The minimum Gasteiger partial charge on any atom is -0.366 e. The first-order valence-corrected chi connectivity index (χ1v) is 4.39. The quantitative estimate of drug-likeness (QED) is 0.521. The summed E-state index contributed by atoms with van der Waals surface area (Å²) in [4.78, 5) is 22.7. The van der Waals surface area contributed by atoms with Gasteiger partial charge in [0, 0.05) is 0 Å². The summed E-state index contributed by atoms with van der Waals surface area (Å²) in [6.45, 7) is 0. The van der Waals surface area contributed by atoms with E-state index < -0.39 is 45.9 Å². The summed E-state index contributed by atoms with van der Waals surface area (Å²) < 4.78 is 63.0. The second-order valence-electron chi connectivity index (χ2n) is 3.20. The van der Waals surface area contributed by atoms with Crippen LogP contribution in [0.5, 0.6) is 0 Å². The zero-order valence-corrected chi connectivity index (χ0v) is 8.74. The van der Waals surface area contributed by atoms with Gasteiger partial charge >= 0.3 is 11.9 Å². The van der Waals surface area contributed by atoms with Gasteiger partial charge in [-0.3, -0.25) is 14.9 Å². The largest absolute Gasteiger partial charge is 0.423 e. The van der Waals surface area contributed by atoms with Gasteiger partial charge < -0.3 is 5.73 Å². The van der Waals surface area contributed by atoms with Crippen LogP contribution in [0, 0.1) is 10.1 Å². The van der Waals surface area contributed by atoms with Crippen LogP contribution in [-0.2, 0) is 6.18 Å². The first kappa shape index (κ1) is 14.7. The van der Waals surface area contributed by atoms with E-state index in [1.165, 1.54) is 0 Å². The fraction of sp³-hybridized carbons (Fsp3) is 0.250. The van der Waals surface area contributed by atoms with E-state index in [-0.39, 0.29) is 6.20 Å². The highest BCUT2D eigenvalue weighted by molar-refractivity contribution is 5.96. The van der Waals surface area contributed by atoms with Gasteiger partial charge in [-0.2, -0.15) is 13.2 Å². The molecule has 2 N–H and O–H groups in total. The lowest BCUT2D eigenvalue weighted by molar-refractivity contribution is -0.388. The second kappa shape index (κ2) is 4.74. The van der Waals surface area contributed by atoms with Crippen LogP contribution in [-0.4, -0.2) is 15.8 Å². The van der Waals surface area contributed by atoms with Crippen molar-refractivity contribution in [3.05, 3.63) is 33.1 Å². The SMILES string of the molecule is NC(=O)c1c(C(F)F)ncc([N+](=O)[O-])c1C(F)(F)F. The number of nitrogens with zero attached hydrogens (tertiary/aromatic N) is 2. The molecule has 0 fully saturated rings. The fourth-order valence-corrected chi connectivity index (χ4v) is 1.36. The second-order valence-corrected chi connectivity index (χ2v) is 3.20. The third-order valence-corrected chi connectivity index (χ3v) is 2.02. The Kier molecular flexibility index (Phi) is 3.68. The summed E-state index contributed by atoms with van der Waals surface area (Å²) in [6.07, 6.45) is -8.93. The van der Waals surface area contributed by atoms with Crippen molar-refractivity contribution in [2.45, 2.75) is 12.6 Å². The molecule has 0 aliphatic heterocycles. The number of alkyl halides is 5. The van der Waals surface area contributed by atoms with E-state index in [1.807, 2.05) is 0 Å². The van der Waals surface area contributed by atoms with Gasteiger partial charge in [0.2, 0.25) is 0 Å². The van der Waals surface area contributed by atoms with Crippen LogP contribution in [0.1, 0.15) is 28.0 Å². The Labute approximate surface area is 101 Å². The van der Waals surface area contributed by atoms with Crippen molar-refractivity contribution >= 4 is 11.6 Å². The van der Waals surface area contributed by atoms with E-state index >= 15 is 0 Å². The standard InChI is InChI=1S/C8H4F5N3O3/c9-6(10)5-3(7(14)17)4(8(11,12)13)2(1-15-5)16(18)19/h1,6H,(H2,14,17). The topological polar surface area (TPSA) is 99.1 Å². The molecular formula is C8H4F5N3O3. The van der Waals surface area contributed by atoms with Crippen LogP contribution < -0.4 is 5.73 Å². The minimum absolute atomic E-state index is 0.0107. The van der Waals surface area contributed by atoms with Crippen molar-refractivity contribution in [1.82, 2.24) is 4.98 Å². The van der Waals surface area contributed by atoms with Crippen LogP contribution in [0.2, 0.25) is 0 Å². The van der Waals surface area contributed by atoms with Crippen molar-refractivity contribution in [2.24, 2.45) is 5.73 Å². The Morgan fingerprint density at radius 2 is 1.95 bits per heavy atom. The number of carbonyl (C=O) groups excluding carboxylic acids is 1. The average Bonchev–Trinajstić information content (AvgIpc) is 2.25. The molecule has 0 aliphatic carbocycles. The molecule has 0 spiro atoms. The lowest BCUT2D eigenvalue weighted by Gasteiger charge is -2.13. The molecule has 19 heavy (non-hydrogen) atoms. The number of primary amides is 1. The minimum atomic E-state index is -5.40. The molecule has 0 aromatic carbocycles. The Hall–Kier alpha value is -2.33. The highest BCUT2D eigenvalue weighted by atomic mass is 19.4. The molecule has 1 rings (SSSR count). The number of nitro groups is 1. The van der Waals surface area contributed by atoms with Crippen LogP contribution in [0.4, 0.5) is 27.6 Å². The molecule has 1 amide bonds. The molecule has 104 valence electrons. The predicted molar refractivity (Wildman–Crippen MR) is 49.4 cm³/mol. The molecule has 0 unspecified atom stereocenters. The van der Waals surface area contributed by atoms with Crippen LogP contribution in [0.25, 0.3) is 0 Å². The number of nitrogens with two attached hydrogens (primary N) is 1. The number of halogens is 5. The van der Waals surface area contributed by atoms with Crippen molar-refractivity contribution in [1.29, 1.82) is 0 Å². The average molecular weight is 285 g/mol. The molecule has 0 atom stereocenters. The van der Waals surface area contributed by atoms with Crippen molar-refractivity contribution in [3.8, 4) is 0 Å². The monoisotopic (exact) mass is 285 g/mol. The van der Waals surface area contributed by atoms with Gasteiger partial charge in [-0.15, -0.1) is 0 Å². The van der Waals surface area contributed by atoms with Crippen molar-refractivity contribution < 1.29 is 31.7 Å². The number of aromatic nitrogens is 1. The fourth-order valence-electron chi connectivity index (χ4n) is 1.36. The molecule has 6 nitrogen and oxygen atoms in total. The van der Waals surface area contributed by atoms with E-state index in [9.17, 15) is 36.9 Å². The zero-order chi connectivity index (χ0) is 15.0. The summed E-state index contributed by atoms with van der Waals surface area (Å²) >= 11 is 0. The van der Waals surface area contributed by atoms with Crippen molar-refractivity contribution in [3.63, 3.8) is 0 Å². The van der Waals surface area contributed by atoms with E-state index in [0.717, 1.165) is 0 Å². The van der Waals surface area contributed by atoms with Crippen LogP contribution in [0.15, 0.2) is 6.20 Å². The molecule has 1 heterocycles. The smallest absolute Gasteiger partial charge is 0.366 e. The number of hydrogen-bond donors (Lipinski definition) is 1. The molecule has 0 bridgehead atoms. The highest BCUT2D eigenvalue weighted by Gasteiger charge is 2.45. The van der Waals surface area contributed by atoms with Crippen LogP contribution in [0.3, 0.4) is 0 Å². The maximum atomic E-state index is 12.7. The molecule has 0 radical (unpaired) electrons. The lowest BCUT2D eigenvalue weighted by atomic mass is 10.0. The summed E-state index contributed by atoms with van der Waals surface area (Å²) in [5, 5.41) is 10.5. The molecule has 0 saturated heterocycles. The summed E-state index contributed by atoms with van der Waals surface area (Å²) in [6, 6.07) is 0. The molecule has 0 aliphatic rings. The summed E-state index contributed by atoms with van der Waals surface area (Å²) in [5.74, 6) is -1.88. The Balaban J connectivity index is 3.83. The highest BCUT2D eigenvalue weighted by Crippen LogP contribution is 2.40. The molecular weight excluding hydrogens is 281 g/mol. The van der Waals surface area contributed by atoms with Gasteiger partial charge in [-0.05, 0) is 0 Å². The summed E-state index contributed by atoms with van der Waals surface area (Å²) in [7, 11) is 0. The van der Waals surface area contributed by atoms with E-state index in [1.54, 1.807) is 0 Å². The van der Waals surface area contributed by atoms with E-state index in [0.29, 0.717) is 0 Å². The van der Waals surface area contributed by atoms with E-state index in [4.69, 9.17) is 0 Å². The van der Waals surface area contributed by atoms with Gasteiger partial charge in [-0.1, -0.05) is 0 Å².